The number of carbonyl (C=O) groups excluding carboxylic acids is 1. The van der Waals surface area contributed by atoms with Gasteiger partial charge in [0.1, 0.15) is 0 Å². The summed E-state index contributed by atoms with van der Waals surface area (Å²) in [5, 5.41) is 3.35. The molecule has 1 aliphatic carbocycles. The summed E-state index contributed by atoms with van der Waals surface area (Å²) in [5.74, 6) is 0.301. The first-order chi connectivity index (χ1) is 7.55. The molecule has 2 fully saturated rings. The SMILES string of the molecule is CCC1(CN2CNC(C)(CC)C2=O)CCC1. The zero-order valence-electron chi connectivity index (χ0n) is 10.8. The van der Waals surface area contributed by atoms with E-state index in [2.05, 4.69) is 19.2 Å². The molecule has 3 nitrogen and oxygen atoms in total. The Labute approximate surface area is 98.6 Å². The van der Waals surface area contributed by atoms with Gasteiger partial charge in [-0.1, -0.05) is 20.3 Å². The molecule has 1 heterocycles. The number of nitrogens with zero attached hydrogens (tertiary/aromatic N) is 1. The number of carbonyl (C=O) groups is 1. The molecule has 1 unspecified atom stereocenters. The van der Waals surface area contributed by atoms with Gasteiger partial charge in [-0.3, -0.25) is 10.1 Å². The van der Waals surface area contributed by atoms with Crippen molar-refractivity contribution in [2.45, 2.75) is 58.4 Å². The minimum absolute atomic E-state index is 0.301. The highest BCUT2D eigenvalue weighted by molar-refractivity contribution is 5.87. The minimum Gasteiger partial charge on any atom is -0.328 e. The van der Waals surface area contributed by atoms with Gasteiger partial charge >= 0.3 is 0 Å². The van der Waals surface area contributed by atoms with Gasteiger partial charge in [-0.15, -0.1) is 0 Å². The van der Waals surface area contributed by atoms with Crippen LogP contribution in [0.1, 0.15) is 52.9 Å². The van der Waals surface area contributed by atoms with Crippen LogP contribution in [0.4, 0.5) is 0 Å². The lowest BCUT2D eigenvalue weighted by Gasteiger charge is -2.43. The van der Waals surface area contributed by atoms with Crippen molar-refractivity contribution < 1.29 is 4.79 Å². The second-order valence-corrected chi connectivity index (χ2v) is 5.73. The van der Waals surface area contributed by atoms with Crippen molar-refractivity contribution >= 4 is 5.91 Å². The average molecular weight is 224 g/mol. The summed E-state index contributed by atoms with van der Waals surface area (Å²) < 4.78 is 0. The molecule has 1 saturated heterocycles. The predicted octanol–water partition coefficient (Wildman–Crippen LogP) is 2.12. The van der Waals surface area contributed by atoms with E-state index < -0.39 is 0 Å². The van der Waals surface area contributed by atoms with Gasteiger partial charge in [0.2, 0.25) is 5.91 Å². The standard InChI is InChI=1S/C13H24N2O/c1-4-12(3)11(16)15(10-14-12)9-13(5-2)7-6-8-13/h14H,4-10H2,1-3H3. The quantitative estimate of drug-likeness (QED) is 0.793. The first-order valence-electron chi connectivity index (χ1n) is 6.60. The minimum atomic E-state index is -0.307. The summed E-state index contributed by atoms with van der Waals surface area (Å²) in [6, 6.07) is 0. The Kier molecular flexibility index (Phi) is 2.99. The Hall–Kier alpha value is -0.570. The van der Waals surface area contributed by atoms with Crippen LogP contribution in [-0.2, 0) is 4.79 Å². The van der Waals surface area contributed by atoms with Crippen molar-refractivity contribution in [3.05, 3.63) is 0 Å². The van der Waals surface area contributed by atoms with E-state index in [1.54, 1.807) is 0 Å². The molecule has 0 aromatic heterocycles. The Morgan fingerprint density at radius 2 is 2.00 bits per heavy atom. The summed E-state index contributed by atoms with van der Waals surface area (Å²) >= 11 is 0. The third kappa shape index (κ3) is 1.75. The first kappa shape index (κ1) is 11.9. The van der Waals surface area contributed by atoms with E-state index in [-0.39, 0.29) is 5.54 Å². The van der Waals surface area contributed by atoms with Gasteiger partial charge in [0.25, 0.3) is 0 Å². The van der Waals surface area contributed by atoms with Crippen LogP contribution in [0.2, 0.25) is 0 Å². The molecule has 16 heavy (non-hydrogen) atoms. The summed E-state index contributed by atoms with van der Waals surface area (Å²) in [6.07, 6.45) is 6.03. The van der Waals surface area contributed by atoms with Crippen molar-refractivity contribution in [3.8, 4) is 0 Å². The Morgan fingerprint density at radius 3 is 2.38 bits per heavy atom. The maximum absolute atomic E-state index is 12.3. The van der Waals surface area contributed by atoms with Crippen molar-refractivity contribution in [2.24, 2.45) is 5.41 Å². The van der Waals surface area contributed by atoms with E-state index in [1.807, 2.05) is 11.8 Å². The second kappa shape index (κ2) is 4.02. The van der Waals surface area contributed by atoms with Crippen LogP contribution in [0.5, 0.6) is 0 Å². The maximum atomic E-state index is 12.3. The van der Waals surface area contributed by atoms with E-state index in [0.717, 1.165) is 19.6 Å². The molecule has 0 radical (unpaired) electrons. The van der Waals surface area contributed by atoms with Crippen LogP contribution >= 0.6 is 0 Å². The molecule has 2 rings (SSSR count). The molecule has 2 aliphatic rings. The van der Waals surface area contributed by atoms with Crippen LogP contribution in [0, 0.1) is 5.41 Å². The van der Waals surface area contributed by atoms with Crippen LogP contribution < -0.4 is 5.32 Å². The van der Waals surface area contributed by atoms with E-state index in [4.69, 9.17) is 0 Å². The molecule has 0 spiro atoms. The highest BCUT2D eigenvalue weighted by atomic mass is 16.2. The largest absolute Gasteiger partial charge is 0.328 e. The molecule has 1 aliphatic heterocycles. The van der Waals surface area contributed by atoms with Crippen molar-refractivity contribution in [1.29, 1.82) is 0 Å². The Morgan fingerprint density at radius 1 is 1.31 bits per heavy atom. The number of amides is 1. The zero-order chi connectivity index (χ0) is 11.8. The van der Waals surface area contributed by atoms with Gasteiger partial charge < -0.3 is 4.90 Å². The summed E-state index contributed by atoms with van der Waals surface area (Å²) in [7, 11) is 0. The van der Waals surface area contributed by atoms with Crippen molar-refractivity contribution in [2.75, 3.05) is 13.2 Å². The molecule has 0 bridgehead atoms. The number of hydrogen-bond acceptors (Lipinski definition) is 2. The smallest absolute Gasteiger partial charge is 0.243 e. The van der Waals surface area contributed by atoms with E-state index >= 15 is 0 Å². The monoisotopic (exact) mass is 224 g/mol. The molecule has 92 valence electrons. The lowest BCUT2D eigenvalue weighted by Crippen LogP contribution is -2.46. The Bertz CT molecular complexity index is 280. The molecule has 1 N–H and O–H groups in total. The van der Waals surface area contributed by atoms with E-state index in [9.17, 15) is 4.79 Å². The lowest BCUT2D eigenvalue weighted by molar-refractivity contribution is -0.134. The third-order valence-electron chi connectivity index (χ3n) is 4.82. The van der Waals surface area contributed by atoms with E-state index in [0.29, 0.717) is 11.3 Å². The van der Waals surface area contributed by atoms with Gasteiger partial charge in [-0.25, -0.2) is 0 Å². The summed E-state index contributed by atoms with van der Waals surface area (Å²) in [4.78, 5) is 14.3. The van der Waals surface area contributed by atoms with Crippen LogP contribution in [0.25, 0.3) is 0 Å². The third-order valence-corrected chi connectivity index (χ3v) is 4.82. The van der Waals surface area contributed by atoms with Gasteiger partial charge in [0, 0.05) is 6.54 Å². The molecule has 1 saturated carbocycles. The van der Waals surface area contributed by atoms with Gasteiger partial charge in [-0.2, -0.15) is 0 Å². The highest BCUT2D eigenvalue weighted by Crippen LogP contribution is 2.44. The predicted molar refractivity (Wildman–Crippen MR) is 65.0 cm³/mol. The fourth-order valence-corrected chi connectivity index (χ4v) is 2.88. The van der Waals surface area contributed by atoms with Gasteiger partial charge in [-0.05, 0) is 38.0 Å². The van der Waals surface area contributed by atoms with Crippen molar-refractivity contribution in [3.63, 3.8) is 0 Å². The number of nitrogens with one attached hydrogen (secondary N) is 1. The molecular formula is C13H24N2O. The average Bonchev–Trinajstić information content (AvgIpc) is 2.52. The first-order valence-corrected chi connectivity index (χ1v) is 6.60. The fraction of sp³-hybridized carbons (Fsp3) is 0.923. The number of rotatable bonds is 4. The molecule has 1 amide bonds. The topological polar surface area (TPSA) is 32.3 Å². The van der Waals surface area contributed by atoms with Crippen LogP contribution in [-0.4, -0.2) is 29.6 Å². The zero-order valence-corrected chi connectivity index (χ0v) is 10.8. The van der Waals surface area contributed by atoms with Gasteiger partial charge in [0.05, 0.1) is 12.2 Å². The Balaban J connectivity index is 2.00. The molecule has 1 atom stereocenters. The van der Waals surface area contributed by atoms with Gasteiger partial charge in [0.15, 0.2) is 0 Å². The lowest BCUT2D eigenvalue weighted by atomic mass is 9.66. The fourth-order valence-electron chi connectivity index (χ4n) is 2.88. The number of hydrogen-bond donors (Lipinski definition) is 1. The van der Waals surface area contributed by atoms with Crippen molar-refractivity contribution in [1.82, 2.24) is 10.2 Å². The summed E-state index contributed by atoms with van der Waals surface area (Å²) in [5.41, 5.74) is 0.134. The molecule has 3 heteroatoms. The molecule has 0 aromatic rings. The second-order valence-electron chi connectivity index (χ2n) is 5.73. The summed E-state index contributed by atoms with van der Waals surface area (Å²) in [6.45, 7) is 8.06. The van der Waals surface area contributed by atoms with Crippen LogP contribution in [0.3, 0.4) is 0 Å². The van der Waals surface area contributed by atoms with E-state index in [1.165, 1.54) is 25.7 Å². The van der Waals surface area contributed by atoms with Crippen LogP contribution in [0.15, 0.2) is 0 Å². The molecule has 0 aromatic carbocycles. The normalized spacial score (nSPS) is 32.9. The maximum Gasteiger partial charge on any atom is 0.243 e. The molecular weight excluding hydrogens is 200 g/mol. The highest BCUT2D eigenvalue weighted by Gasteiger charge is 2.45.